The minimum Gasteiger partial charge on any atom is -0.383 e. The highest BCUT2D eigenvalue weighted by Crippen LogP contribution is 2.38. The van der Waals surface area contributed by atoms with Gasteiger partial charge in [-0.2, -0.15) is 0 Å². The van der Waals surface area contributed by atoms with E-state index in [2.05, 4.69) is 11.9 Å². The lowest BCUT2D eigenvalue weighted by Gasteiger charge is -2.25. The summed E-state index contributed by atoms with van der Waals surface area (Å²) in [5.41, 5.74) is 8.03. The van der Waals surface area contributed by atoms with Crippen molar-refractivity contribution in [2.45, 2.75) is 38.5 Å². The molecule has 1 aliphatic carbocycles. The fourth-order valence-electron chi connectivity index (χ4n) is 2.90. The van der Waals surface area contributed by atoms with Gasteiger partial charge in [-0.05, 0) is 30.9 Å². The minimum atomic E-state index is 0.497. The Bertz CT molecular complexity index is 568. The maximum absolute atomic E-state index is 6.22. The smallest absolute Gasteiger partial charge is 0.157 e. The Labute approximate surface area is 112 Å². The van der Waals surface area contributed by atoms with E-state index < -0.39 is 0 Å². The van der Waals surface area contributed by atoms with Crippen LogP contribution in [-0.4, -0.2) is 9.38 Å². The molecule has 0 saturated heterocycles. The molecule has 3 rings (SSSR count). The standard InChI is InChI=1S/C14H18ClN3/c1-9-4-6-10(7-5-9)12-13(16)18-8-2-3-11(15)14(18)17-12/h2-3,8-10H,4-7,16H2,1H3. The summed E-state index contributed by atoms with van der Waals surface area (Å²) in [7, 11) is 0. The average Bonchev–Trinajstić information content (AvgIpc) is 2.70. The van der Waals surface area contributed by atoms with Gasteiger partial charge in [-0.25, -0.2) is 4.98 Å². The monoisotopic (exact) mass is 263 g/mol. The molecule has 18 heavy (non-hydrogen) atoms. The molecule has 1 fully saturated rings. The molecular weight excluding hydrogens is 246 g/mol. The summed E-state index contributed by atoms with van der Waals surface area (Å²) in [5, 5.41) is 0.666. The third-order valence-corrected chi connectivity index (χ3v) is 4.37. The molecular formula is C14H18ClN3. The lowest BCUT2D eigenvalue weighted by atomic mass is 9.81. The largest absolute Gasteiger partial charge is 0.383 e. The zero-order valence-corrected chi connectivity index (χ0v) is 11.3. The first-order valence-corrected chi connectivity index (χ1v) is 6.96. The van der Waals surface area contributed by atoms with Crippen molar-refractivity contribution >= 4 is 23.1 Å². The number of nitrogens with two attached hydrogens (primary N) is 1. The minimum absolute atomic E-state index is 0.497. The van der Waals surface area contributed by atoms with Gasteiger partial charge in [0.2, 0.25) is 0 Å². The SMILES string of the molecule is CC1CCC(c2nc3c(Cl)cccn3c2N)CC1. The molecule has 0 unspecified atom stereocenters. The summed E-state index contributed by atoms with van der Waals surface area (Å²) in [6.07, 6.45) is 6.84. The number of halogens is 1. The van der Waals surface area contributed by atoms with Gasteiger partial charge in [0.05, 0.1) is 10.7 Å². The molecule has 0 aliphatic heterocycles. The predicted molar refractivity (Wildman–Crippen MR) is 75.0 cm³/mol. The van der Waals surface area contributed by atoms with E-state index in [1.165, 1.54) is 25.7 Å². The van der Waals surface area contributed by atoms with Gasteiger partial charge in [0.1, 0.15) is 5.82 Å². The van der Waals surface area contributed by atoms with Crippen LogP contribution in [0.25, 0.3) is 5.65 Å². The number of hydrogen-bond donors (Lipinski definition) is 1. The summed E-state index contributed by atoms with van der Waals surface area (Å²) in [6.45, 7) is 2.32. The topological polar surface area (TPSA) is 43.3 Å². The van der Waals surface area contributed by atoms with Crippen LogP contribution in [0.5, 0.6) is 0 Å². The fraction of sp³-hybridized carbons (Fsp3) is 0.500. The maximum Gasteiger partial charge on any atom is 0.157 e. The zero-order chi connectivity index (χ0) is 12.7. The molecule has 0 radical (unpaired) electrons. The third-order valence-electron chi connectivity index (χ3n) is 4.07. The molecule has 1 aliphatic rings. The quantitative estimate of drug-likeness (QED) is 0.849. The number of hydrogen-bond acceptors (Lipinski definition) is 2. The van der Waals surface area contributed by atoms with Crippen LogP contribution in [0.4, 0.5) is 5.82 Å². The van der Waals surface area contributed by atoms with Crippen molar-refractivity contribution in [1.29, 1.82) is 0 Å². The normalized spacial score (nSPS) is 24.6. The van der Waals surface area contributed by atoms with Gasteiger partial charge < -0.3 is 5.73 Å². The summed E-state index contributed by atoms with van der Waals surface area (Å²) in [6, 6.07) is 3.76. The summed E-state index contributed by atoms with van der Waals surface area (Å²) in [4.78, 5) is 4.67. The molecule has 0 bridgehead atoms. The highest BCUT2D eigenvalue weighted by molar-refractivity contribution is 6.33. The molecule has 1 saturated carbocycles. The molecule has 2 heterocycles. The van der Waals surface area contributed by atoms with E-state index in [0.717, 1.165) is 23.1 Å². The van der Waals surface area contributed by atoms with Gasteiger partial charge in [-0.15, -0.1) is 0 Å². The van der Waals surface area contributed by atoms with Gasteiger partial charge >= 0.3 is 0 Å². The molecule has 4 heteroatoms. The van der Waals surface area contributed by atoms with E-state index in [-0.39, 0.29) is 0 Å². The van der Waals surface area contributed by atoms with Gasteiger partial charge in [0.25, 0.3) is 0 Å². The summed E-state index contributed by atoms with van der Waals surface area (Å²) in [5.74, 6) is 2.09. The van der Waals surface area contributed by atoms with Crippen molar-refractivity contribution in [1.82, 2.24) is 9.38 Å². The van der Waals surface area contributed by atoms with Crippen molar-refractivity contribution in [3.8, 4) is 0 Å². The van der Waals surface area contributed by atoms with E-state index in [1.54, 1.807) is 0 Å². The van der Waals surface area contributed by atoms with Crippen molar-refractivity contribution in [2.24, 2.45) is 5.92 Å². The lowest BCUT2D eigenvalue weighted by molar-refractivity contribution is 0.345. The Kier molecular flexibility index (Phi) is 2.94. The Balaban J connectivity index is 2.02. The second kappa shape index (κ2) is 4.47. The highest BCUT2D eigenvalue weighted by Gasteiger charge is 2.25. The molecule has 2 aromatic heterocycles. The Morgan fingerprint density at radius 3 is 2.72 bits per heavy atom. The van der Waals surface area contributed by atoms with Crippen molar-refractivity contribution in [3.63, 3.8) is 0 Å². The third kappa shape index (κ3) is 1.87. The second-order valence-corrected chi connectivity index (χ2v) is 5.80. The van der Waals surface area contributed by atoms with Crippen LogP contribution in [0.1, 0.15) is 44.2 Å². The lowest BCUT2D eigenvalue weighted by Crippen LogP contribution is -2.12. The van der Waals surface area contributed by atoms with E-state index in [0.29, 0.717) is 10.9 Å². The van der Waals surface area contributed by atoms with Crippen molar-refractivity contribution in [2.75, 3.05) is 5.73 Å². The molecule has 0 atom stereocenters. The molecule has 2 N–H and O–H groups in total. The van der Waals surface area contributed by atoms with Crippen molar-refractivity contribution in [3.05, 3.63) is 29.0 Å². The first-order valence-electron chi connectivity index (χ1n) is 6.58. The van der Waals surface area contributed by atoms with E-state index >= 15 is 0 Å². The van der Waals surface area contributed by atoms with Crippen LogP contribution in [-0.2, 0) is 0 Å². The van der Waals surface area contributed by atoms with E-state index in [4.69, 9.17) is 17.3 Å². The van der Waals surface area contributed by atoms with Crippen LogP contribution in [0, 0.1) is 5.92 Å². The number of fused-ring (bicyclic) bond motifs is 1. The van der Waals surface area contributed by atoms with Crippen LogP contribution >= 0.6 is 11.6 Å². The van der Waals surface area contributed by atoms with E-state index in [1.807, 2.05) is 22.7 Å². The molecule has 0 aromatic carbocycles. The Morgan fingerprint density at radius 1 is 1.33 bits per heavy atom. The first kappa shape index (κ1) is 11.8. The Hall–Kier alpha value is -1.22. The van der Waals surface area contributed by atoms with Crippen LogP contribution in [0.3, 0.4) is 0 Å². The molecule has 96 valence electrons. The van der Waals surface area contributed by atoms with Gasteiger partial charge in [-0.3, -0.25) is 4.40 Å². The maximum atomic E-state index is 6.22. The zero-order valence-electron chi connectivity index (χ0n) is 10.6. The molecule has 2 aromatic rings. The molecule has 3 nitrogen and oxygen atoms in total. The highest BCUT2D eigenvalue weighted by atomic mass is 35.5. The average molecular weight is 264 g/mol. The number of nitrogen functional groups attached to an aromatic ring is 1. The molecule has 0 amide bonds. The number of rotatable bonds is 1. The molecule has 0 spiro atoms. The van der Waals surface area contributed by atoms with Gasteiger partial charge in [0, 0.05) is 12.1 Å². The number of anilines is 1. The summed E-state index contributed by atoms with van der Waals surface area (Å²) >= 11 is 6.17. The number of imidazole rings is 1. The first-order chi connectivity index (χ1) is 8.66. The Morgan fingerprint density at radius 2 is 2.06 bits per heavy atom. The summed E-state index contributed by atoms with van der Waals surface area (Å²) < 4.78 is 1.90. The van der Waals surface area contributed by atoms with Crippen LogP contribution in [0.15, 0.2) is 18.3 Å². The van der Waals surface area contributed by atoms with Gasteiger partial charge in [-0.1, -0.05) is 31.4 Å². The number of nitrogens with zero attached hydrogens (tertiary/aromatic N) is 2. The van der Waals surface area contributed by atoms with Gasteiger partial charge in [0.15, 0.2) is 5.65 Å². The van der Waals surface area contributed by atoms with Crippen LogP contribution in [0.2, 0.25) is 5.02 Å². The van der Waals surface area contributed by atoms with Crippen molar-refractivity contribution < 1.29 is 0 Å². The number of pyridine rings is 1. The fourth-order valence-corrected chi connectivity index (χ4v) is 3.11. The second-order valence-electron chi connectivity index (χ2n) is 5.39. The van der Waals surface area contributed by atoms with Crippen LogP contribution < -0.4 is 5.73 Å². The predicted octanol–water partition coefficient (Wildman–Crippen LogP) is 3.86. The number of aromatic nitrogens is 2. The van der Waals surface area contributed by atoms with E-state index in [9.17, 15) is 0 Å².